The highest BCUT2D eigenvalue weighted by molar-refractivity contribution is 5.80. The Morgan fingerprint density at radius 2 is 0.769 bits per heavy atom. The largest absolute Gasteiger partial charge is 0.394 e. The van der Waals surface area contributed by atoms with E-state index in [2.05, 4.69) is 55.6 Å². The molecule has 1 saturated heterocycles. The first-order valence-electron chi connectivity index (χ1n) is 33.4. The highest BCUT2D eigenvalue weighted by Gasteiger charge is 2.44. The lowest BCUT2D eigenvalue weighted by Gasteiger charge is -2.40. The van der Waals surface area contributed by atoms with Crippen molar-refractivity contribution in [3.63, 3.8) is 0 Å². The summed E-state index contributed by atoms with van der Waals surface area (Å²) in [5, 5.41) is 76.2. The van der Waals surface area contributed by atoms with Crippen molar-refractivity contribution in [1.29, 1.82) is 0 Å². The standard InChI is InChI=1S/C67H127NO10/c1-3-5-7-9-11-13-15-17-19-21-22-23-24-25-26-27-28-29-30-31-32-33-34-35-36-37-39-41-43-45-47-49-51-53-55-60(71)66(76)68-58(57-77-67-65(75)64(74)63(73)61(56-69)78-67)62(72)59(70)54-52-50-48-46-44-42-40-38-20-18-16-14-12-10-8-6-4-2/h27-28,38,40,46,48,58-65,67,69-75H,3-26,29-37,39,41-45,47,49-57H2,1-2H3,(H,68,76)/b28-27-,40-38+,48-46+. The van der Waals surface area contributed by atoms with Crippen molar-refractivity contribution in [2.24, 2.45) is 0 Å². The van der Waals surface area contributed by atoms with E-state index >= 15 is 0 Å². The average Bonchev–Trinajstić information content (AvgIpc) is 3.46. The van der Waals surface area contributed by atoms with Gasteiger partial charge in [0.05, 0.1) is 25.4 Å². The summed E-state index contributed by atoms with van der Waals surface area (Å²) in [7, 11) is 0. The van der Waals surface area contributed by atoms with E-state index in [0.717, 1.165) is 38.5 Å². The molecule has 11 heteroatoms. The van der Waals surface area contributed by atoms with Gasteiger partial charge in [-0.2, -0.15) is 0 Å². The molecular formula is C67H127NO10. The zero-order valence-corrected chi connectivity index (χ0v) is 50.7. The third-order valence-electron chi connectivity index (χ3n) is 16.1. The number of unbranched alkanes of at least 4 members (excludes halogenated alkanes) is 40. The number of nitrogens with one attached hydrogen (secondary N) is 1. The van der Waals surface area contributed by atoms with Gasteiger partial charge in [0.25, 0.3) is 0 Å². The SMILES string of the molecule is CCCCCCCCCC/C=C/CC/C=C/CCCC(O)C(O)C(COC1OC(CO)C(O)C(O)C1O)NC(=O)C(O)CCCCCCCCCCCCCCCCCC/C=C\CCCCCCCCCCCCCCCC. The van der Waals surface area contributed by atoms with E-state index in [1.807, 2.05) is 0 Å². The number of aliphatic hydroxyl groups excluding tert-OH is 7. The Morgan fingerprint density at radius 3 is 1.14 bits per heavy atom. The molecule has 8 N–H and O–H groups in total. The molecule has 1 aliphatic rings. The van der Waals surface area contributed by atoms with Crippen molar-refractivity contribution in [2.75, 3.05) is 13.2 Å². The molecule has 1 amide bonds. The predicted octanol–water partition coefficient (Wildman–Crippen LogP) is 15.4. The van der Waals surface area contributed by atoms with Gasteiger partial charge in [0.2, 0.25) is 5.91 Å². The van der Waals surface area contributed by atoms with E-state index in [1.165, 1.54) is 231 Å². The van der Waals surface area contributed by atoms with Crippen molar-refractivity contribution in [2.45, 2.75) is 371 Å². The van der Waals surface area contributed by atoms with Gasteiger partial charge in [-0.1, -0.05) is 275 Å². The van der Waals surface area contributed by atoms with Crippen molar-refractivity contribution in [3.05, 3.63) is 36.5 Å². The van der Waals surface area contributed by atoms with E-state index in [0.29, 0.717) is 19.3 Å². The fraction of sp³-hybridized carbons (Fsp3) is 0.896. The maximum atomic E-state index is 13.2. The minimum Gasteiger partial charge on any atom is -0.394 e. The van der Waals surface area contributed by atoms with E-state index in [9.17, 15) is 40.5 Å². The number of carbonyl (C=O) groups excluding carboxylic acids is 1. The third kappa shape index (κ3) is 43.1. The van der Waals surface area contributed by atoms with Gasteiger partial charge in [-0.05, 0) is 77.0 Å². The maximum absolute atomic E-state index is 13.2. The van der Waals surface area contributed by atoms with Crippen LogP contribution in [0.25, 0.3) is 0 Å². The normalized spacial score (nSPS) is 19.6. The maximum Gasteiger partial charge on any atom is 0.249 e. The zero-order valence-electron chi connectivity index (χ0n) is 50.7. The molecule has 460 valence electrons. The number of carbonyl (C=O) groups is 1. The molecule has 0 aliphatic carbocycles. The topological polar surface area (TPSA) is 189 Å². The molecule has 78 heavy (non-hydrogen) atoms. The zero-order chi connectivity index (χ0) is 56.8. The highest BCUT2D eigenvalue weighted by Crippen LogP contribution is 2.24. The molecular weight excluding hydrogens is 979 g/mol. The molecule has 1 heterocycles. The molecule has 0 bridgehead atoms. The van der Waals surface area contributed by atoms with Gasteiger partial charge >= 0.3 is 0 Å². The van der Waals surface area contributed by atoms with Crippen molar-refractivity contribution < 1.29 is 50.0 Å². The van der Waals surface area contributed by atoms with E-state index < -0.39 is 74.2 Å². The monoisotopic (exact) mass is 1110 g/mol. The number of aliphatic hydroxyl groups is 7. The summed E-state index contributed by atoms with van der Waals surface area (Å²) in [6, 6.07) is -1.19. The van der Waals surface area contributed by atoms with E-state index in [4.69, 9.17) is 9.47 Å². The van der Waals surface area contributed by atoms with Crippen LogP contribution in [0.3, 0.4) is 0 Å². The van der Waals surface area contributed by atoms with Crippen LogP contribution in [0.15, 0.2) is 36.5 Å². The number of rotatable bonds is 58. The second kappa shape index (κ2) is 55.8. The minimum absolute atomic E-state index is 0.247. The fourth-order valence-electron chi connectivity index (χ4n) is 10.8. The summed E-state index contributed by atoms with van der Waals surface area (Å²) >= 11 is 0. The molecule has 0 aromatic rings. The van der Waals surface area contributed by atoms with Crippen LogP contribution in [0.1, 0.15) is 316 Å². The lowest BCUT2D eigenvalue weighted by molar-refractivity contribution is -0.303. The molecule has 0 aromatic carbocycles. The van der Waals surface area contributed by atoms with Gasteiger partial charge in [-0.25, -0.2) is 0 Å². The molecule has 1 aliphatic heterocycles. The number of hydrogen-bond acceptors (Lipinski definition) is 10. The van der Waals surface area contributed by atoms with Crippen LogP contribution >= 0.6 is 0 Å². The van der Waals surface area contributed by atoms with E-state index in [-0.39, 0.29) is 12.8 Å². The summed E-state index contributed by atoms with van der Waals surface area (Å²) in [6.07, 6.45) is 59.5. The predicted molar refractivity (Wildman–Crippen MR) is 325 cm³/mol. The molecule has 0 radical (unpaired) electrons. The molecule has 1 fully saturated rings. The van der Waals surface area contributed by atoms with Gasteiger partial charge < -0.3 is 50.5 Å². The Labute approximate surface area is 479 Å². The second-order valence-electron chi connectivity index (χ2n) is 23.5. The number of allylic oxidation sites excluding steroid dienone is 6. The van der Waals surface area contributed by atoms with Gasteiger partial charge in [-0.3, -0.25) is 4.79 Å². The van der Waals surface area contributed by atoms with Crippen molar-refractivity contribution >= 4 is 5.91 Å². The molecule has 0 spiro atoms. The van der Waals surface area contributed by atoms with Crippen molar-refractivity contribution in [3.8, 4) is 0 Å². The number of hydrogen-bond donors (Lipinski definition) is 8. The smallest absolute Gasteiger partial charge is 0.249 e. The molecule has 9 atom stereocenters. The molecule has 9 unspecified atom stereocenters. The van der Waals surface area contributed by atoms with Gasteiger partial charge in [0.15, 0.2) is 6.29 Å². The number of ether oxygens (including phenoxy) is 2. The lowest BCUT2D eigenvalue weighted by atomic mass is 9.98. The van der Waals surface area contributed by atoms with Gasteiger partial charge in [0.1, 0.15) is 36.6 Å². The van der Waals surface area contributed by atoms with Crippen LogP contribution in [0.4, 0.5) is 0 Å². The van der Waals surface area contributed by atoms with Crippen LogP contribution in [0, 0.1) is 0 Å². The van der Waals surface area contributed by atoms with Crippen LogP contribution < -0.4 is 5.32 Å². The Bertz CT molecular complexity index is 1360. The third-order valence-corrected chi connectivity index (χ3v) is 16.1. The minimum atomic E-state index is -1.67. The lowest BCUT2D eigenvalue weighted by Crippen LogP contribution is -2.60. The second-order valence-corrected chi connectivity index (χ2v) is 23.5. The summed E-state index contributed by atoms with van der Waals surface area (Å²) in [4.78, 5) is 13.2. The van der Waals surface area contributed by atoms with Crippen LogP contribution in [-0.2, 0) is 14.3 Å². The first kappa shape index (κ1) is 74.3. The fourth-order valence-corrected chi connectivity index (χ4v) is 10.8. The van der Waals surface area contributed by atoms with Crippen LogP contribution in [0.5, 0.6) is 0 Å². The Balaban J connectivity index is 2.18. The Kier molecular flexibility index (Phi) is 53.2. The highest BCUT2D eigenvalue weighted by atomic mass is 16.7. The average molecular weight is 1110 g/mol. The van der Waals surface area contributed by atoms with E-state index in [1.54, 1.807) is 0 Å². The molecule has 1 rings (SSSR count). The molecule has 11 nitrogen and oxygen atoms in total. The van der Waals surface area contributed by atoms with Crippen LogP contribution in [-0.4, -0.2) is 110 Å². The first-order chi connectivity index (χ1) is 38.2. The summed E-state index contributed by atoms with van der Waals surface area (Å²) in [6.45, 7) is 3.47. The Morgan fingerprint density at radius 1 is 0.436 bits per heavy atom. The summed E-state index contributed by atoms with van der Waals surface area (Å²) in [5.74, 6) is -0.706. The summed E-state index contributed by atoms with van der Waals surface area (Å²) in [5.41, 5.74) is 0. The molecule has 0 saturated carbocycles. The number of amides is 1. The van der Waals surface area contributed by atoms with Gasteiger partial charge in [-0.15, -0.1) is 0 Å². The van der Waals surface area contributed by atoms with Crippen LogP contribution in [0.2, 0.25) is 0 Å². The molecule has 0 aromatic heterocycles. The van der Waals surface area contributed by atoms with Gasteiger partial charge in [0, 0.05) is 0 Å². The Hall–Kier alpha value is -1.67. The quantitative estimate of drug-likeness (QED) is 0.0215. The first-order valence-corrected chi connectivity index (χ1v) is 33.4. The summed E-state index contributed by atoms with van der Waals surface area (Å²) < 4.78 is 11.1. The van der Waals surface area contributed by atoms with Crippen molar-refractivity contribution in [1.82, 2.24) is 5.32 Å².